The fourth-order valence-electron chi connectivity index (χ4n) is 2.91. The minimum atomic E-state index is -0.0319. The van der Waals surface area contributed by atoms with Gasteiger partial charge in [-0.05, 0) is 36.4 Å². The number of amides is 1. The monoisotopic (exact) mass is 342 g/mol. The van der Waals surface area contributed by atoms with Crippen molar-refractivity contribution in [3.8, 4) is 11.5 Å². The molecule has 0 spiro atoms. The van der Waals surface area contributed by atoms with Gasteiger partial charge in [0.05, 0.1) is 12.2 Å². The zero-order valence-corrected chi connectivity index (χ0v) is 14.0. The highest BCUT2D eigenvalue weighted by atomic mass is 32.2. The van der Waals surface area contributed by atoms with E-state index in [9.17, 15) is 4.79 Å². The molecule has 0 fully saturated rings. The summed E-state index contributed by atoms with van der Waals surface area (Å²) in [6.45, 7) is 1.46. The Morgan fingerprint density at radius 2 is 2.04 bits per heavy atom. The first-order chi connectivity index (χ1) is 11.8. The van der Waals surface area contributed by atoms with Crippen molar-refractivity contribution in [3.63, 3.8) is 0 Å². The molecule has 0 saturated carbocycles. The lowest BCUT2D eigenvalue weighted by Gasteiger charge is -2.23. The Morgan fingerprint density at radius 1 is 1.17 bits per heavy atom. The Bertz CT molecular complexity index is 766. The van der Waals surface area contributed by atoms with Crippen LogP contribution in [0.3, 0.4) is 0 Å². The van der Waals surface area contributed by atoms with Gasteiger partial charge in [0.25, 0.3) is 0 Å². The van der Waals surface area contributed by atoms with Crippen LogP contribution >= 0.6 is 11.8 Å². The summed E-state index contributed by atoms with van der Waals surface area (Å²) >= 11 is 1.85. The van der Waals surface area contributed by atoms with Crippen LogP contribution in [0.25, 0.3) is 0 Å². The molecule has 0 saturated heterocycles. The van der Waals surface area contributed by atoms with E-state index in [2.05, 4.69) is 22.3 Å². The maximum absolute atomic E-state index is 12.5. The molecule has 2 aromatic carbocycles. The van der Waals surface area contributed by atoms with E-state index in [1.165, 1.54) is 4.90 Å². The molecule has 4 rings (SSSR count). The Morgan fingerprint density at radius 3 is 3.00 bits per heavy atom. The summed E-state index contributed by atoms with van der Waals surface area (Å²) in [7, 11) is 0. The number of ether oxygens (including phenoxy) is 2. The predicted octanol–water partition coefficient (Wildman–Crippen LogP) is 3.36. The van der Waals surface area contributed by atoms with Gasteiger partial charge in [-0.25, -0.2) is 0 Å². The van der Waals surface area contributed by atoms with Crippen molar-refractivity contribution in [3.05, 3.63) is 42.5 Å². The van der Waals surface area contributed by atoms with E-state index in [0.29, 0.717) is 18.0 Å². The standard InChI is InChI=1S/C18H18N2O3S/c21-18(19-13-6-7-15-16(10-13)23-12-22-15)11-20-8-3-9-24-17-5-2-1-4-14(17)20/h1-2,4-7,10H,3,8-9,11-12H2,(H,19,21). The minimum absolute atomic E-state index is 0.0319. The van der Waals surface area contributed by atoms with Gasteiger partial charge in [0.2, 0.25) is 12.7 Å². The van der Waals surface area contributed by atoms with E-state index >= 15 is 0 Å². The second kappa shape index (κ2) is 6.65. The third-order valence-corrected chi connectivity index (χ3v) is 5.18. The molecule has 0 aromatic heterocycles. The number of hydrogen-bond donors (Lipinski definition) is 1. The van der Waals surface area contributed by atoms with E-state index in [1.54, 1.807) is 6.07 Å². The average Bonchev–Trinajstić information content (AvgIpc) is 2.96. The molecule has 1 amide bonds. The molecule has 0 unspecified atom stereocenters. The number of carbonyl (C=O) groups excluding carboxylic acids is 1. The van der Waals surface area contributed by atoms with Gasteiger partial charge in [0.1, 0.15) is 0 Å². The van der Waals surface area contributed by atoms with Crippen LogP contribution < -0.4 is 19.7 Å². The molecule has 2 aliphatic heterocycles. The summed E-state index contributed by atoms with van der Waals surface area (Å²) in [6, 6.07) is 13.7. The number of hydrogen-bond acceptors (Lipinski definition) is 5. The number of thioether (sulfide) groups is 1. The van der Waals surface area contributed by atoms with Gasteiger partial charge in [-0.2, -0.15) is 0 Å². The number of carbonyl (C=O) groups is 1. The molecule has 5 nitrogen and oxygen atoms in total. The maximum Gasteiger partial charge on any atom is 0.243 e. The lowest BCUT2D eigenvalue weighted by molar-refractivity contribution is -0.115. The minimum Gasteiger partial charge on any atom is -0.454 e. The van der Waals surface area contributed by atoms with Crippen LogP contribution in [0.15, 0.2) is 47.4 Å². The van der Waals surface area contributed by atoms with Crippen molar-refractivity contribution >= 4 is 29.0 Å². The number of nitrogens with one attached hydrogen (secondary N) is 1. The first kappa shape index (κ1) is 15.2. The zero-order chi connectivity index (χ0) is 16.4. The second-order valence-corrected chi connectivity index (χ2v) is 6.84. The highest BCUT2D eigenvalue weighted by Crippen LogP contribution is 2.35. The van der Waals surface area contributed by atoms with Gasteiger partial charge in [-0.15, -0.1) is 11.8 Å². The van der Waals surface area contributed by atoms with E-state index in [0.717, 1.165) is 30.1 Å². The third-order valence-electron chi connectivity index (χ3n) is 4.03. The number of fused-ring (bicyclic) bond motifs is 2. The molecule has 2 aromatic rings. The summed E-state index contributed by atoms with van der Waals surface area (Å²) in [5.74, 6) is 2.43. The third kappa shape index (κ3) is 3.14. The van der Waals surface area contributed by atoms with Crippen LogP contribution in [0, 0.1) is 0 Å². The fraction of sp³-hybridized carbons (Fsp3) is 0.278. The van der Waals surface area contributed by atoms with E-state index in [4.69, 9.17) is 9.47 Å². The summed E-state index contributed by atoms with van der Waals surface area (Å²) in [4.78, 5) is 15.9. The molecular weight excluding hydrogens is 324 g/mol. The number of para-hydroxylation sites is 1. The molecule has 2 heterocycles. The molecule has 0 bridgehead atoms. The van der Waals surface area contributed by atoms with Gasteiger partial charge >= 0.3 is 0 Å². The van der Waals surface area contributed by atoms with Crippen LogP contribution in [0.1, 0.15) is 6.42 Å². The van der Waals surface area contributed by atoms with Crippen molar-refractivity contribution in [2.45, 2.75) is 11.3 Å². The zero-order valence-electron chi connectivity index (χ0n) is 13.2. The van der Waals surface area contributed by atoms with Gasteiger partial charge < -0.3 is 19.7 Å². The maximum atomic E-state index is 12.5. The highest BCUT2D eigenvalue weighted by molar-refractivity contribution is 7.99. The second-order valence-electron chi connectivity index (χ2n) is 5.71. The van der Waals surface area contributed by atoms with Gasteiger partial charge in [-0.3, -0.25) is 4.79 Å². The quantitative estimate of drug-likeness (QED) is 0.927. The fourth-order valence-corrected chi connectivity index (χ4v) is 3.92. The van der Waals surface area contributed by atoms with Crippen LogP contribution in [0.2, 0.25) is 0 Å². The first-order valence-corrected chi connectivity index (χ1v) is 8.94. The SMILES string of the molecule is O=C(CN1CCCSc2ccccc21)Nc1ccc2c(c1)OCO2. The smallest absolute Gasteiger partial charge is 0.243 e. The molecule has 2 aliphatic rings. The largest absolute Gasteiger partial charge is 0.454 e. The molecule has 24 heavy (non-hydrogen) atoms. The summed E-state index contributed by atoms with van der Waals surface area (Å²) in [6.07, 6.45) is 1.07. The Hall–Kier alpha value is -2.34. The molecule has 124 valence electrons. The van der Waals surface area contributed by atoms with Crippen LogP contribution in [-0.2, 0) is 4.79 Å². The summed E-state index contributed by atoms with van der Waals surface area (Å²) in [5, 5.41) is 2.95. The number of rotatable bonds is 3. The summed E-state index contributed by atoms with van der Waals surface area (Å²) in [5.41, 5.74) is 1.86. The van der Waals surface area contributed by atoms with Crippen LogP contribution in [-0.4, -0.2) is 31.5 Å². The Balaban J connectivity index is 1.46. The molecule has 0 aliphatic carbocycles. The Kier molecular flexibility index (Phi) is 4.21. The van der Waals surface area contributed by atoms with E-state index in [1.807, 2.05) is 36.0 Å². The normalized spacial score (nSPS) is 15.6. The molecular formula is C18H18N2O3S. The van der Waals surface area contributed by atoms with Crippen LogP contribution in [0.5, 0.6) is 11.5 Å². The Labute approximate surface area is 144 Å². The van der Waals surface area contributed by atoms with Crippen molar-refractivity contribution in [1.29, 1.82) is 0 Å². The first-order valence-electron chi connectivity index (χ1n) is 7.96. The predicted molar refractivity (Wildman–Crippen MR) is 95.2 cm³/mol. The molecule has 6 heteroatoms. The number of benzene rings is 2. The van der Waals surface area contributed by atoms with Crippen molar-refractivity contribution in [1.82, 2.24) is 0 Å². The van der Waals surface area contributed by atoms with Crippen molar-refractivity contribution in [2.75, 3.05) is 35.9 Å². The lowest BCUT2D eigenvalue weighted by atomic mass is 10.2. The van der Waals surface area contributed by atoms with Crippen LogP contribution in [0.4, 0.5) is 11.4 Å². The highest BCUT2D eigenvalue weighted by Gasteiger charge is 2.19. The van der Waals surface area contributed by atoms with Gasteiger partial charge in [-0.1, -0.05) is 12.1 Å². The molecule has 0 atom stereocenters. The topological polar surface area (TPSA) is 50.8 Å². The van der Waals surface area contributed by atoms with Gasteiger partial charge in [0.15, 0.2) is 11.5 Å². The summed E-state index contributed by atoms with van der Waals surface area (Å²) < 4.78 is 10.6. The molecule has 1 N–H and O–H groups in total. The van der Waals surface area contributed by atoms with Crippen molar-refractivity contribution in [2.24, 2.45) is 0 Å². The van der Waals surface area contributed by atoms with E-state index in [-0.39, 0.29) is 12.7 Å². The van der Waals surface area contributed by atoms with Gasteiger partial charge in [0, 0.05) is 23.2 Å². The lowest BCUT2D eigenvalue weighted by Crippen LogP contribution is -2.34. The van der Waals surface area contributed by atoms with E-state index < -0.39 is 0 Å². The number of nitrogens with zero attached hydrogens (tertiary/aromatic N) is 1. The average molecular weight is 342 g/mol. The number of anilines is 2. The molecule has 0 radical (unpaired) electrons. The van der Waals surface area contributed by atoms with Crippen molar-refractivity contribution < 1.29 is 14.3 Å².